The van der Waals surface area contributed by atoms with E-state index < -0.39 is 0 Å². The van der Waals surface area contributed by atoms with Crippen LogP contribution in [-0.2, 0) is 0 Å². The predicted octanol–water partition coefficient (Wildman–Crippen LogP) is 2.54. The van der Waals surface area contributed by atoms with Gasteiger partial charge >= 0.3 is 0 Å². The zero-order chi connectivity index (χ0) is 13.2. The monoisotopic (exact) mass is 264 g/mol. The first-order chi connectivity index (χ1) is 9.22. The Morgan fingerprint density at radius 2 is 1.95 bits per heavy atom. The summed E-state index contributed by atoms with van der Waals surface area (Å²) in [7, 11) is 0. The summed E-state index contributed by atoms with van der Waals surface area (Å²) < 4.78 is 19.3. The molecule has 0 amide bonds. The highest BCUT2D eigenvalue weighted by molar-refractivity contribution is 5.59. The van der Waals surface area contributed by atoms with Gasteiger partial charge in [0, 0.05) is 25.2 Å². The first-order valence-electron chi connectivity index (χ1n) is 7.15. The molecule has 104 valence electrons. The minimum absolute atomic E-state index is 0.205. The van der Waals surface area contributed by atoms with E-state index in [0.29, 0.717) is 5.92 Å². The highest BCUT2D eigenvalue weighted by Gasteiger charge is 2.24. The van der Waals surface area contributed by atoms with Crippen molar-refractivity contribution < 1.29 is 9.13 Å². The lowest BCUT2D eigenvalue weighted by molar-refractivity contribution is 0.299. The fraction of sp³-hybridized carbons (Fsp3) is 0.600. The Bertz CT molecular complexity index is 440. The van der Waals surface area contributed by atoms with E-state index in [1.54, 1.807) is 12.1 Å². The summed E-state index contributed by atoms with van der Waals surface area (Å²) in [6.07, 6.45) is 4.43. The fourth-order valence-corrected chi connectivity index (χ4v) is 2.49. The average molecular weight is 264 g/mol. The van der Waals surface area contributed by atoms with Crippen molar-refractivity contribution in [3.05, 3.63) is 24.0 Å². The zero-order valence-electron chi connectivity index (χ0n) is 11.1. The van der Waals surface area contributed by atoms with Crippen molar-refractivity contribution in [3.63, 3.8) is 0 Å². The van der Waals surface area contributed by atoms with Gasteiger partial charge in [0.2, 0.25) is 0 Å². The number of piperidine rings is 1. The van der Waals surface area contributed by atoms with Crippen LogP contribution in [0.4, 0.5) is 10.1 Å². The van der Waals surface area contributed by atoms with Gasteiger partial charge in [-0.2, -0.15) is 0 Å². The molecule has 2 aliphatic rings. The molecular formula is C15H21FN2O. The van der Waals surface area contributed by atoms with Crippen LogP contribution in [0.15, 0.2) is 18.2 Å². The molecule has 0 atom stereocenters. The molecule has 3 rings (SSSR count). The lowest BCUT2D eigenvalue weighted by Gasteiger charge is -2.33. The molecule has 0 radical (unpaired) electrons. The van der Waals surface area contributed by atoms with E-state index in [2.05, 4.69) is 4.90 Å². The molecule has 1 aromatic carbocycles. The molecular weight excluding hydrogens is 243 g/mol. The molecule has 4 heteroatoms. The Labute approximate surface area is 113 Å². The number of nitrogens with two attached hydrogens (primary N) is 1. The number of halogens is 1. The van der Waals surface area contributed by atoms with Crippen LogP contribution < -0.4 is 15.4 Å². The number of hydrogen-bond acceptors (Lipinski definition) is 3. The SMILES string of the molecule is NC1CCN(c2cc(F)ccc2OCC2CC2)CC1. The van der Waals surface area contributed by atoms with Crippen molar-refractivity contribution in [2.45, 2.75) is 31.7 Å². The van der Waals surface area contributed by atoms with Crippen LogP contribution in [0.5, 0.6) is 5.75 Å². The summed E-state index contributed by atoms with van der Waals surface area (Å²) in [5.41, 5.74) is 6.80. The third-order valence-electron chi connectivity index (χ3n) is 3.97. The third kappa shape index (κ3) is 3.18. The van der Waals surface area contributed by atoms with Crippen LogP contribution in [-0.4, -0.2) is 25.7 Å². The maximum atomic E-state index is 13.5. The van der Waals surface area contributed by atoms with Gasteiger partial charge in [0.25, 0.3) is 0 Å². The standard InChI is InChI=1S/C15H21FN2O/c16-12-3-4-15(19-10-11-1-2-11)14(9-12)18-7-5-13(17)6-8-18/h3-4,9,11,13H,1-2,5-8,10,17H2. The van der Waals surface area contributed by atoms with Crippen LogP contribution in [0.2, 0.25) is 0 Å². The largest absolute Gasteiger partial charge is 0.491 e. The highest BCUT2D eigenvalue weighted by Crippen LogP contribution is 2.34. The molecule has 1 aromatic rings. The molecule has 0 aromatic heterocycles. The van der Waals surface area contributed by atoms with Gasteiger partial charge in [-0.3, -0.25) is 0 Å². The Hall–Kier alpha value is -1.29. The van der Waals surface area contributed by atoms with Gasteiger partial charge in [-0.25, -0.2) is 4.39 Å². The van der Waals surface area contributed by atoms with E-state index in [9.17, 15) is 4.39 Å². The smallest absolute Gasteiger partial charge is 0.142 e. The second kappa shape index (κ2) is 5.37. The van der Waals surface area contributed by atoms with E-state index >= 15 is 0 Å². The van der Waals surface area contributed by atoms with Gasteiger partial charge in [0.15, 0.2) is 0 Å². The molecule has 0 unspecified atom stereocenters. The average Bonchev–Trinajstić information content (AvgIpc) is 3.22. The third-order valence-corrected chi connectivity index (χ3v) is 3.97. The lowest BCUT2D eigenvalue weighted by atomic mass is 10.1. The topological polar surface area (TPSA) is 38.5 Å². The van der Waals surface area contributed by atoms with E-state index in [0.717, 1.165) is 44.0 Å². The number of ether oxygens (including phenoxy) is 1. The second-order valence-electron chi connectivity index (χ2n) is 5.69. The second-order valence-corrected chi connectivity index (χ2v) is 5.69. The molecule has 0 spiro atoms. The normalized spacial score (nSPS) is 20.6. The number of rotatable bonds is 4. The quantitative estimate of drug-likeness (QED) is 0.908. The van der Waals surface area contributed by atoms with Crippen molar-refractivity contribution in [1.29, 1.82) is 0 Å². The highest BCUT2D eigenvalue weighted by atomic mass is 19.1. The molecule has 3 nitrogen and oxygen atoms in total. The zero-order valence-corrected chi connectivity index (χ0v) is 11.1. The van der Waals surface area contributed by atoms with Crippen molar-refractivity contribution in [1.82, 2.24) is 0 Å². The van der Waals surface area contributed by atoms with Crippen LogP contribution in [0.1, 0.15) is 25.7 Å². The molecule has 19 heavy (non-hydrogen) atoms. The van der Waals surface area contributed by atoms with E-state index in [-0.39, 0.29) is 11.9 Å². The van der Waals surface area contributed by atoms with Crippen LogP contribution in [0.3, 0.4) is 0 Å². The summed E-state index contributed by atoms with van der Waals surface area (Å²) in [6.45, 7) is 2.51. The van der Waals surface area contributed by atoms with Gasteiger partial charge < -0.3 is 15.4 Å². The molecule has 1 aliphatic carbocycles. The molecule has 1 saturated heterocycles. The molecule has 1 aliphatic heterocycles. The fourth-order valence-electron chi connectivity index (χ4n) is 2.49. The van der Waals surface area contributed by atoms with Crippen LogP contribution >= 0.6 is 0 Å². The summed E-state index contributed by atoms with van der Waals surface area (Å²) in [5, 5.41) is 0. The summed E-state index contributed by atoms with van der Waals surface area (Å²) in [4.78, 5) is 2.19. The molecule has 2 fully saturated rings. The van der Waals surface area contributed by atoms with Gasteiger partial charge in [-0.05, 0) is 43.7 Å². The first kappa shape index (κ1) is 12.7. The number of hydrogen-bond donors (Lipinski definition) is 1. The number of nitrogens with zero attached hydrogens (tertiary/aromatic N) is 1. The summed E-state index contributed by atoms with van der Waals surface area (Å²) in [6, 6.07) is 5.09. The predicted molar refractivity (Wildman–Crippen MR) is 74.0 cm³/mol. The van der Waals surface area contributed by atoms with E-state index in [1.165, 1.54) is 18.9 Å². The van der Waals surface area contributed by atoms with E-state index in [1.807, 2.05) is 0 Å². The van der Waals surface area contributed by atoms with Crippen LogP contribution in [0.25, 0.3) is 0 Å². The van der Waals surface area contributed by atoms with Crippen molar-refractivity contribution in [2.24, 2.45) is 11.7 Å². The molecule has 2 N–H and O–H groups in total. The number of anilines is 1. The Kier molecular flexibility index (Phi) is 3.60. The summed E-state index contributed by atoms with van der Waals surface area (Å²) in [5.74, 6) is 1.31. The number of benzene rings is 1. The lowest BCUT2D eigenvalue weighted by Crippen LogP contribution is -2.39. The minimum atomic E-state index is -0.205. The van der Waals surface area contributed by atoms with Gasteiger partial charge in [-0.15, -0.1) is 0 Å². The van der Waals surface area contributed by atoms with E-state index in [4.69, 9.17) is 10.5 Å². The molecule has 1 heterocycles. The Morgan fingerprint density at radius 3 is 2.63 bits per heavy atom. The summed E-state index contributed by atoms with van der Waals surface area (Å²) >= 11 is 0. The van der Waals surface area contributed by atoms with Crippen LogP contribution in [0, 0.1) is 11.7 Å². The molecule has 1 saturated carbocycles. The van der Waals surface area contributed by atoms with Crippen molar-refractivity contribution in [2.75, 3.05) is 24.6 Å². The molecule has 0 bridgehead atoms. The Morgan fingerprint density at radius 1 is 1.21 bits per heavy atom. The van der Waals surface area contributed by atoms with Gasteiger partial charge in [0.1, 0.15) is 11.6 Å². The Balaban J connectivity index is 1.74. The van der Waals surface area contributed by atoms with Crippen molar-refractivity contribution >= 4 is 5.69 Å². The van der Waals surface area contributed by atoms with Crippen molar-refractivity contribution in [3.8, 4) is 5.75 Å². The first-order valence-corrected chi connectivity index (χ1v) is 7.15. The maximum Gasteiger partial charge on any atom is 0.142 e. The van der Waals surface area contributed by atoms with Gasteiger partial charge in [-0.1, -0.05) is 0 Å². The maximum absolute atomic E-state index is 13.5. The minimum Gasteiger partial charge on any atom is -0.491 e. The van der Waals surface area contributed by atoms with Gasteiger partial charge in [0.05, 0.1) is 12.3 Å².